The second-order valence-electron chi connectivity index (χ2n) is 10.8. The third-order valence-corrected chi connectivity index (χ3v) is 7.27. The van der Waals surface area contributed by atoms with Gasteiger partial charge in [-0.2, -0.15) is 0 Å². The minimum absolute atomic E-state index is 0.0733. The first-order valence-corrected chi connectivity index (χ1v) is 13.0. The van der Waals surface area contributed by atoms with Gasteiger partial charge in [0, 0.05) is 31.4 Å². The van der Waals surface area contributed by atoms with Crippen molar-refractivity contribution in [1.82, 2.24) is 24.8 Å². The van der Waals surface area contributed by atoms with Crippen molar-refractivity contribution in [2.45, 2.75) is 38.4 Å². The Hall–Kier alpha value is -3.20. The number of imidazole rings is 1. The van der Waals surface area contributed by atoms with Crippen LogP contribution in [0.2, 0.25) is 5.02 Å². The summed E-state index contributed by atoms with van der Waals surface area (Å²) in [5.41, 5.74) is 12.8. The van der Waals surface area contributed by atoms with E-state index < -0.39 is 0 Å². The number of nitrogens with two attached hydrogens (primary N) is 1. The monoisotopic (exact) mass is 520 g/mol. The molecule has 37 heavy (non-hydrogen) atoms. The van der Waals surface area contributed by atoms with Gasteiger partial charge in [-0.1, -0.05) is 23.7 Å². The van der Waals surface area contributed by atoms with Gasteiger partial charge in [0.2, 0.25) is 0 Å². The van der Waals surface area contributed by atoms with Crippen LogP contribution in [0.25, 0.3) is 11.6 Å². The molecule has 0 radical (unpaired) electrons. The average Bonchev–Trinajstić information content (AvgIpc) is 3.23. The molecule has 1 aliphatic heterocycles. The number of aryl methyl sites for hydroxylation is 1. The molecule has 194 valence electrons. The number of hydrogen-bond acceptors (Lipinski definition) is 4. The number of aliphatic hydroxyl groups excluding tert-OH is 1. The standard InChI is InChI=1S/C28H34ClN7O/c1-28(2,3)33-27(37)36-12-10-35(11-13-36)26-20-8-7-19(29)15-21(20)22(14-18-6-5-9-32-25(18)26)24(30)23-16-31-17-34(23)4/h5-9,14-17,24,26H,10-13,30H2,1-4H3,(H,33,37)/p+1. The molecule has 3 heterocycles. The smallest absolute Gasteiger partial charge is 0.442 e. The van der Waals surface area contributed by atoms with Gasteiger partial charge in [-0.05, 0) is 67.3 Å². The van der Waals surface area contributed by atoms with Crippen molar-refractivity contribution in [3.63, 3.8) is 0 Å². The van der Waals surface area contributed by atoms with Crippen molar-refractivity contribution in [3.8, 4) is 0 Å². The second kappa shape index (κ2) is 9.93. The van der Waals surface area contributed by atoms with Crippen molar-refractivity contribution >= 4 is 29.3 Å². The van der Waals surface area contributed by atoms with Crippen molar-refractivity contribution in [2.24, 2.45) is 12.8 Å². The normalized spacial score (nSPS) is 18.9. The summed E-state index contributed by atoms with van der Waals surface area (Å²) < 4.78 is 3.96. The van der Waals surface area contributed by atoms with Crippen LogP contribution in [0.4, 0.5) is 0 Å². The highest BCUT2D eigenvalue weighted by Gasteiger charge is 2.35. The van der Waals surface area contributed by atoms with Crippen LogP contribution in [0.5, 0.6) is 0 Å². The summed E-state index contributed by atoms with van der Waals surface area (Å²) in [5, 5.41) is 14.5. The minimum Gasteiger partial charge on any atom is -0.447 e. The molecule has 1 saturated heterocycles. The number of nitrogens with zero attached hydrogens (tertiary/aromatic N) is 5. The van der Waals surface area contributed by atoms with E-state index in [4.69, 9.17) is 22.3 Å². The summed E-state index contributed by atoms with van der Waals surface area (Å²) in [7, 11) is 1.96. The van der Waals surface area contributed by atoms with Gasteiger partial charge in [0.25, 0.3) is 0 Å². The maximum absolute atomic E-state index is 10.7. The highest BCUT2D eigenvalue weighted by Crippen LogP contribution is 2.43. The number of aromatic nitrogens is 3. The number of piperazine rings is 1. The van der Waals surface area contributed by atoms with E-state index in [-0.39, 0.29) is 23.6 Å². The number of amidine groups is 1. The van der Waals surface area contributed by atoms with E-state index in [1.807, 2.05) is 67.6 Å². The predicted octanol–water partition coefficient (Wildman–Crippen LogP) is 3.74. The van der Waals surface area contributed by atoms with Crippen LogP contribution >= 0.6 is 11.6 Å². The Labute approximate surface area is 223 Å². The lowest BCUT2D eigenvalue weighted by Gasteiger charge is -2.35. The molecule has 0 saturated carbocycles. The molecule has 2 aliphatic rings. The number of benzene rings is 1. The minimum atomic E-state index is -0.386. The third kappa shape index (κ3) is 5.14. The van der Waals surface area contributed by atoms with Gasteiger partial charge < -0.3 is 15.4 Å². The second-order valence-corrected chi connectivity index (χ2v) is 11.3. The highest BCUT2D eigenvalue weighted by atomic mass is 35.5. The molecule has 3 aromatic rings. The first-order chi connectivity index (χ1) is 17.6. The zero-order valence-electron chi connectivity index (χ0n) is 21.8. The van der Waals surface area contributed by atoms with Crippen molar-refractivity contribution < 1.29 is 9.68 Å². The lowest BCUT2D eigenvalue weighted by atomic mass is 9.90. The Bertz CT molecular complexity index is 1360. The molecule has 1 fully saturated rings. The molecule has 1 aliphatic carbocycles. The SMILES string of the molecule is Cn1cncc1C(N)C1=Cc2cccnc2C(N2CC[N+](=C(O)NC(C)(C)C)CC2)c2ccc(Cl)cc21. The van der Waals surface area contributed by atoms with E-state index in [2.05, 4.69) is 33.4 Å². The largest absolute Gasteiger partial charge is 0.447 e. The Morgan fingerprint density at radius 2 is 2.00 bits per heavy atom. The van der Waals surface area contributed by atoms with Gasteiger partial charge >= 0.3 is 6.02 Å². The van der Waals surface area contributed by atoms with E-state index in [0.29, 0.717) is 18.1 Å². The fourth-order valence-corrected chi connectivity index (χ4v) is 5.42. The molecular weight excluding hydrogens is 486 g/mol. The quantitative estimate of drug-likeness (QED) is 0.360. The Balaban J connectivity index is 1.57. The molecule has 0 bridgehead atoms. The predicted molar refractivity (Wildman–Crippen MR) is 148 cm³/mol. The zero-order chi connectivity index (χ0) is 26.3. The van der Waals surface area contributed by atoms with E-state index in [1.165, 1.54) is 0 Å². The van der Waals surface area contributed by atoms with Crippen LogP contribution < -0.4 is 11.1 Å². The molecule has 2 aromatic heterocycles. The Morgan fingerprint density at radius 3 is 2.68 bits per heavy atom. The Kier molecular flexibility index (Phi) is 6.83. The Morgan fingerprint density at radius 1 is 1.24 bits per heavy atom. The zero-order valence-corrected chi connectivity index (χ0v) is 22.6. The first-order valence-electron chi connectivity index (χ1n) is 12.6. The summed E-state index contributed by atoms with van der Waals surface area (Å²) in [6.45, 7) is 9.05. The fourth-order valence-electron chi connectivity index (χ4n) is 5.25. The van der Waals surface area contributed by atoms with Gasteiger partial charge in [-0.25, -0.2) is 14.9 Å². The molecule has 5 rings (SSSR count). The maximum atomic E-state index is 10.7. The van der Waals surface area contributed by atoms with Gasteiger partial charge in [0.05, 0.1) is 41.5 Å². The number of rotatable bonds is 3. The van der Waals surface area contributed by atoms with Crippen LogP contribution in [0.15, 0.2) is 49.1 Å². The molecule has 2 atom stereocenters. The lowest BCUT2D eigenvalue weighted by molar-refractivity contribution is -0.550. The van der Waals surface area contributed by atoms with Crippen molar-refractivity contribution in [1.29, 1.82) is 0 Å². The number of aliphatic hydroxyl groups is 1. The molecule has 4 N–H and O–H groups in total. The summed E-state index contributed by atoms with van der Waals surface area (Å²) in [6.07, 6.45) is 7.59. The van der Waals surface area contributed by atoms with E-state index in [1.54, 1.807) is 6.33 Å². The number of hydrogen-bond donors (Lipinski definition) is 3. The molecule has 0 amide bonds. The van der Waals surface area contributed by atoms with Gasteiger partial charge in [0.1, 0.15) is 13.1 Å². The topological polar surface area (TPSA) is 95.2 Å². The summed E-state index contributed by atoms with van der Waals surface area (Å²) in [5.74, 6) is 0. The lowest BCUT2D eigenvalue weighted by Crippen LogP contribution is -2.51. The number of halogens is 1. The van der Waals surface area contributed by atoms with Crippen LogP contribution in [0.3, 0.4) is 0 Å². The van der Waals surface area contributed by atoms with Crippen LogP contribution in [0, 0.1) is 0 Å². The number of nitrogens with one attached hydrogen (secondary N) is 1. The third-order valence-electron chi connectivity index (χ3n) is 7.04. The van der Waals surface area contributed by atoms with Gasteiger partial charge in [-0.15, -0.1) is 0 Å². The van der Waals surface area contributed by atoms with E-state index in [0.717, 1.165) is 46.7 Å². The first kappa shape index (κ1) is 25.4. The van der Waals surface area contributed by atoms with Crippen LogP contribution in [-0.2, 0) is 7.05 Å². The highest BCUT2D eigenvalue weighted by molar-refractivity contribution is 6.30. The van der Waals surface area contributed by atoms with Crippen molar-refractivity contribution in [3.05, 3.63) is 82.2 Å². The molecule has 1 aromatic carbocycles. The number of pyridine rings is 1. The molecule has 0 spiro atoms. The van der Waals surface area contributed by atoms with Crippen LogP contribution in [-0.4, -0.2) is 66.9 Å². The summed E-state index contributed by atoms with van der Waals surface area (Å²) in [4.78, 5) is 11.6. The summed E-state index contributed by atoms with van der Waals surface area (Å²) in [6, 6.07) is 9.89. The summed E-state index contributed by atoms with van der Waals surface area (Å²) >= 11 is 6.55. The molecular formula is C28H35ClN7O+. The molecule has 9 heteroatoms. The average molecular weight is 521 g/mol. The van der Waals surface area contributed by atoms with E-state index >= 15 is 0 Å². The van der Waals surface area contributed by atoms with Crippen LogP contribution in [0.1, 0.15) is 60.9 Å². The van der Waals surface area contributed by atoms with Gasteiger partial charge in [0.15, 0.2) is 0 Å². The maximum Gasteiger partial charge on any atom is 0.442 e. The fraction of sp³-hybridized carbons (Fsp3) is 0.393. The van der Waals surface area contributed by atoms with E-state index in [9.17, 15) is 5.11 Å². The molecule has 8 nitrogen and oxygen atoms in total. The molecule has 2 unspecified atom stereocenters. The van der Waals surface area contributed by atoms with Crippen molar-refractivity contribution in [2.75, 3.05) is 26.2 Å². The number of fused-ring (bicyclic) bond motifs is 2. The van der Waals surface area contributed by atoms with Gasteiger partial charge in [-0.3, -0.25) is 9.88 Å².